The Balaban J connectivity index is 3.08. The number of primary amides is 1. The first-order chi connectivity index (χ1) is 7.72. The van der Waals surface area contributed by atoms with Gasteiger partial charge in [0.1, 0.15) is 0 Å². The normalized spacial score (nSPS) is 11.6. The number of carbonyl (C=O) groups excluding carboxylic acids is 1. The van der Waals surface area contributed by atoms with Crippen molar-refractivity contribution in [2.45, 2.75) is 19.0 Å². The van der Waals surface area contributed by atoms with E-state index < -0.39 is 18.5 Å². The van der Waals surface area contributed by atoms with Gasteiger partial charge in [-0.05, 0) is 18.1 Å². The Bertz CT molecular complexity index is 446. The molecule has 2 nitrogen and oxygen atoms in total. The summed E-state index contributed by atoms with van der Waals surface area (Å²) in [6.45, 7) is 0. The Morgan fingerprint density at radius 3 is 2.35 bits per heavy atom. The largest absolute Gasteiger partial charge is 0.389 e. The van der Waals surface area contributed by atoms with Gasteiger partial charge >= 0.3 is 6.18 Å². The van der Waals surface area contributed by atoms with Crippen LogP contribution in [0, 0.1) is 0 Å². The molecule has 7 heteroatoms. The van der Waals surface area contributed by atoms with E-state index >= 15 is 0 Å². The summed E-state index contributed by atoms with van der Waals surface area (Å²) in [6.07, 6.45) is -5.72. The Labute approximate surface area is 105 Å². The van der Waals surface area contributed by atoms with Crippen molar-refractivity contribution in [3.05, 3.63) is 33.3 Å². The molecule has 0 aromatic heterocycles. The van der Waals surface area contributed by atoms with Crippen LogP contribution in [0.5, 0.6) is 0 Å². The summed E-state index contributed by atoms with van der Waals surface area (Å²) in [5, 5.41) is -0.0323. The van der Waals surface area contributed by atoms with Crippen molar-refractivity contribution in [3.8, 4) is 0 Å². The van der Waals surface area contributed by atoms with Gasteiger partial charge in [0.25, 0.3) is 5.91 Å². The third kappa shape index (κ3) is 3.78. The molecule has 17 heavy (non-hydrogen) atoms. The van der Waals surface area contributed by atoms with E-state index in [9.17, 15) is 18.0 Å². The number of hydrogen-bond donors (Lipinski definition) is 1. The molecule has 1 aromatic rings. The maximum atomic E-state index is 12.1. The second-order valence-electron chi connectivity index (χ2n) is 3.37. The third-order valence-electron chi connectivity index (χ3n) is 2.11. The van der Waals surface area contributed by atoms with Gasteiger partial charge in [-0.15, -0.1) is 0 Å². The number of halogens is 5. The van der Waals surface area contributed by atoms with Gasteiger partial charge in [-0.2, -0.15) is 13.2 Å². The van der Waals surface area contributed by atoms with E-state index in [1.807, 2.05) is 0 Å². The van der Waals surface area contributed by atoms with Crippen LogP contribution in [-0.4, -0.2) is 12.1 Å². The summed E-state index contributed by atoms with van der Waals surface area (Å²) in [7, 11) is 0. The Hall–Kier alpha value is -0.940. The minimum atomic E-state index is -4.30. The van der Waals surface area contributed by atoms with E-state index in [-0.39, 0.29) is 27.6 Å². The van der Waals surface area contributed by atoms with Crippen molar-refractivity contribution < 1.29 is 18.0 Å². The third-order valence-corrected chi connectivity index (χ3v) is 2.91. The lowest BCUT2D eigenvalue weighted by Gasteiger charge is -2.11. The first-order valence-corrected chi connectivity index (χ1v) is 5.31. The molecular weight excluding hydrogens is 278 g/mol. The molecule has 0 atom stereocenters. The average Bonchev–Trinajstić information content (AvgIpc) is 2.18. The number of carbonyl (C=O) groups is 1. The molecule has 0 aliphatic carbocycles. The monoisotopic (exact) mass is 285 g/mol. The number of nitrogens with two attached hydrogens (primary N) is 1. The number of benzene rings is 1. The van der Waals surface area contributed by atoms with Crippen LogP contribution in [0.25, 0.3) is 0 Å². The van der Waals surface area contributed by atoms with Crippen LogP contribution in [-0.2, 0) is 6.42 Å². The van der Waals surface area contributed by atoms with Crippen molar-refractivity contribution in [2.24, 2.45) is 5.73 Å². The molecule has 1 rings (SSSR count). The van der Waals surface area contributed by atoms with E-state index in [1.54, 1.807) is 0 Å². The molecule has 94 valence electrons. The topological polar surface area (TPSA) is 43.1 Å². The van der Waals surface area contributed by atoms with Gasteiger partial charge in [0.15, 0.2) is 0 Å². The molecule has 0 saturated heterocycles. The molecule has 0 heterocycles. The molecule has 0 radical (unpaired) electrons. The first kappa shape index (κ1) is 14.1. The van der Waals surface area contributed by atoms with Gasteiger partial charge in [-0.3, -0.25) is 4.79 Å². The van der Waals surface area contributed by atoms with Crippen molar-refractivity contribution >= 4 is 29.1 Å². The van der Waals surface area contributed by atoms with Gasteiger partial charge in [-0.25, -0.2) is 0 Å². The first-order valence-electron chi connectivity index (χ1n) is 4.56. The molecular formula is C10H8Cl2F3NO. The molecule has 1 aromatic carbocycles. The second-order valence-corrected chi connectivity index (χ2v) is 4.16. The number of alkyl halides is 3. The molecule has 0 fully saturated rings. The predicted molar refractivity (Wildman–Crippen MR) is 59.4 cm³/mol. The summed E-state index contributed by atoms with van der Waals surface area (Å²) in [6, 6.07) is 2.65. The maximum Gasteiger partial charge on any atom is 0.389 e. The van der Waals surface area contributed by atoms with Crippen LogP contribution in [0.3, 0.4) is 0 Å². The van der Waals surface area contributed by atoms with Crippen LogP contribution < -0.4 is 5.73 Å². The minimum absolute atomic E-state index is 0.0798. The zero-order valence-corrected chi connectivity index (χ0v) is 9.96. The van der Waals surface area contributed by atoms with E-state index in [4.69, 9.17) is 28.9 Å². The highest BCUT2D eigenvalue weighted by molar-refractivity contribution is 6.44. The summed E-state index contributed by atoms with van der Waals surface area (Å²) in [4.78, 5) is 11.1. The maximum absolute atomic E-state index is 12.1. The highest BCUT2D eigenvalue weighted by Gasteiger charge is 2.28. The smallest absolute Gasteiger partial charge is 0.366 e. The fourth-order valence-corrected chi connectivity index (χ4v) is 1.78. The molecule has 0 aliphatic rings. The Morgan fingerprint density at radius 1 is 1.29 bits per heavy atom. The quantitative estimate of drug-likeness (QED) is 0.906. The zero-order valence-electron chi connectivity index (χ0n) is 8.44. The molecule has 0 spiro atoms. The zero-order chi connectivity index (χ0) is 13.2. The van der Waals surface area contributed by atoms with Gasteiger partial charge in [-0.1, -0.05) is 29.3 Å². The van der Waals surface area contributed by atoms with Crippen molar-refractivity contribution in [1.29, 1.82) is 0 Å². The van der Waals surface area contributed by atoms with E-state index in [2.05, 4.69) is 0 Å². The van der Waals surface area contributed by atoms with Crippen LogP contribution in [0.1, 0.15) is 22.3 Å². The number of rotatable bonds is 3. The molecule has 0 aliphatic heterocycles. The van der Waals surface area contributed by atoms with Crippen LogP contribution in [0.15, 0.2) is 12.1 Å². The van der Waals surface area contributed by atoms with Crippen molar-refractivity contribution in [2.75, 3.05) is 0 Å². The molecule has 0 unspecified atom stereocenters. The van der Waals surface area contributed by atoms with Gasteiger partial charge < -0.3 is 5.73 Å². The highest BCUT2D eigenvalue weighted by Crippen LogP contribution is 2.30. The van der Waals surface area contributed by atoms with Gasteiger partial charge in [0.05, 0.1) is 15.6 Å². The fourth-order valence-electron chi connectivity index (χ4n) is 1.34. The Morgan fingerprint density at radius 2 is 1.88 bits per heavy atom. The Kier molecular flexibility index (Phi) is 4.27. The predicted octanol–water partition coefficient (Wildman–Crippen LogP) is 3.59. The minimum Gasteiger partial charge on any atom is -0.366 e. The van der Waals surface area contributed by atoms with Crippen LogP contribution in [0.4, 0.5) is 13.2 Å². The van der Waals surface area contributed by atoms with Gasteiger partial charge in [0.2, 0.25) is 0 Å². The average molecular weight is 286 g/mol. The summed E-state index contributed by atoms with van der Waals surface area (Å²) in [5.41, 5.74) is 5.05. The van der Waals surface area contributed by atoms with E-state index in [1.165, 1.54) is 12.1 Å². The molecule has 1 amide bonds. The van der Waals surface area contributed by atoms with Crippen molar-refractivity contribution in [3.63, 3.8) is 0 Å². The standard InChI is InChI=1S/C10H8Cl2F3NO/c11-6-2-1-5(3-4-10(13,14)15)7(8(6)12)9(16)17/h1-2H,3-4H2,(H2,16,17). The van der Waals surface area contributed by atoms with Crippen LogP contribution >= 0.6 is 23.2 Å². The van der Waals surface area contributed by atoms with Crippen LogP contribution in [0.2, 0.25) is 10.0 Å². The van der Waals surface area contributed by atoms with Crippen molar-refractivity contribution in [1.82, 2.24) is 0 Å². The van der Waals surface area contributed by atoms with E-state index in [0.717, 1.165) is 0 Å². The molecule has 0 bridgehead atoms. The lowest BCUT2D eigenvalue weighted by atomic mass is 10.0. The van der Waals surface area contributed by atoms with E-state index in [0.29, 0.717) is 0 Å². The number of hydrogen-bond acceptors (Lipinski definition) is 1. The summed E-state index contributed by atoms with van der Waals surface area (Å²) >= 11 is 11.4. The lowest BCUT2D eigenvalue weighted by Crippen LogP contribution is -2.16. The number of aryl methyl sites for hydroxylation is 1. The SMILES string of the molecule is NC(=O)c1c(CCC(F)(F)F)ccc(Cl)c1Cl. The molecule has 2 N–H and O–H groups in total. The summed E-state index contributed by atoms with van der Waals surface area (Å²) < 4.78 is 36.2. The lowest BCUT2D eigenvalue weighted by molar-refractivity contribution is -0.134. The highest BCUT2D eigenvalue weighted by atomic mass is 35.5. The number of amides is 1. The van der Waals surface area contributed by atoms with Gasteiger partial charge in [0, 0.05) is 6.42 Å². The second kappa shape index (κ2) is 5.14. The molecule has 0 saturated carbocycles. The fraction of sp³-hybridized carbons (Fsp3) is 0.300. The summed E-state index contributed by atoms with van der Waals surface area (Å²) in [5.74, 6) is -0.894.